The van der Waals surface area contributed by atoms with Crippen LogP contribution in [0.4, 0.5) is 0 Å². The number of nitrogens with zero attached hydrogens (tertiary/aromatic N) is 1. The molecule has 0 spiro atoms. The van der Waals surface area contributed by atoms with Crippen LogP contribution >= 0.6 is 0 Å². The van der Waals surface area contributed by atoms with Crippen molar-refractivity contribution in [1.29, 1.82) is 0 Å². The van der Waals surface area contributed by atoms with Gasteiger partial charge >= 0.3 is 5.97 Å². The van der Waals surface area contributed by atoms with E-state index in [1.807, 2.05) is 11.8 Å². The fourth-order valence-corrected chi connectivity index (χ4v) is 2.18. The maximum absolute atomic E-state index is 11.7. The Morgan fingerprint density at radius 2 is 2.21 bits per heavy atom. The zero-order valence-electron chi connectivity index (χ0n) is 11.7. The molecule has 0 aromatic rings. The van der Waals surface area contributed by atoms with Crippen LogP contribution in [0.15, 0.2) is 0 Å². The number of nitrogens with one attached hydrogen (secondary N) is 1. The Hall–Kier alpha value is -1.14. The summed E-state index contributed by atoms with van der Waals surface area (Å²) in [5.74, 6) is -0.0811. The van der Waals surface area contributed by atoms with Crippen LogP contribution in [0, 0.1) is 5.92 Å². The van der Waals surface area contributed by atoms with Gasteiger partial charge in [-0.25, -0.2) is 0 Å². The second-order valence-corrected chi connectivity index (χ2v) is 5.10. The molecule has 1 amide bonds. The first-order valence-electron chi connectivity index (χ1n) is 6.77. The van der Waals surface area contributed by atoms with E-state index in [1.54, 1.807) is 0 Å². The van der Waals surface area contributed by atoms with Crippen LogP contribution in [0.25, 0.3) is 0 Å². The average Bonchev–Trinajstić information content (AvgIpc) is 2.38. The Morgan fingerprint density at radius 1 is 1.47 bits per heavy atom. The van der Waals surface area contributed by atoms with Gasteiger partial charge in [0.15, 0.2) is 0 Å². The van der Waals surface area contributed by atoms with Crippen LogP contribution in [0.2, 0.25) is 0 Å². The zero-order chi connectivity index (χ0) is 14.3. The van der Waals surface area contributed by atoms with Crippen LogP contribution in [-0.2, 0) is 14.3 Å². The predicted octanol–water partition coefficient (Wildman–Crippen LogP) is -0.241. The smallest absolute Gasteiger partial charge is 0.305 e. The van der Waals surface area contributed by atoms with Gasteiger partial charge in [0.05, 0.1) is 19.8 Å². The summed E-state index contributed by atoms with van der Waals surface area (Å²) in [7, 11) is 1.35. The number of hydrogen-bond donors (Lipinski definition) is 2. The van der Waals surface area contributed by atoms with E-state index < -0.39 is 0 Å². The first-order chi connectivity index (χ1) is 9.02. The molecule has 19 heavy (non-hydrogen) atoms. The highest BCUT2D eigenvalue weighted by Gasteiger charge is 2.25. The lowest BCUT2D eigenvalue weighted by atomic mass is 9.97. The van der Waals surface area contributed by atoms with Crippen molar-refractivity contribution in [3.63, 3.8) is 0 Å². The zero-order valence-corrected chi connectivity index (χ0v) is 11.7. The van der Waals surface area contributed by atoms with Gasteiger partial charge in [0.25, 0.3) is 0 Å². The van der Waals surface area contributed by atoms with Crippen molar-refractivity contribution in [3.8, 4) is 0 Å². The summed E-state index contributed by atoms with van der Waals surface area (Å²) in [6.45, 7) is 4.33. The first-order valence-corrected chi connectivity index (χ1v) is 6.77. The van der Waals surface area contributed by atoms with Crippen molar-refractivity contribution in [2.45, 2.75) is 32.3 Å². The standard InChI is InChI=1S/C13H24N2O4/c1-10-8-15(7-5-11(10)16)9-12(17)14-6-3-4-13(18)19-2/h10-11,16H,3-9H2,1-2H3,(H,14,17). The number of esters is 1. The van der Waals surface area contributed by atoms with Gasteiger partial charge in [-0.15, -0.1) is 0 Å². The van der Waals surface area contributed by atoms with Gasteiger partial charge in [0, 0.05) is 26.1 Å². The quantitative estimate of drug-likeness (QED) is 0.515. The van der Waals surface area contributed by atoms with Crippen molar-refractivity contribution in [2.24, 2.45) is 5.92 Å². The Balaban J connectivity index is 2.12. The molecule has 1 heterocycles. The third-order valence-electron chi connectivity index (χ3n) is 3.42. The average molecular weight is 272 g/mol. The number of piperidine rings is 1. The highest BCUT2D eigenvalue weighted by Crippen LogP contribution is 2.15. The van der Waals surface area contributed by atoms with E-state index >= 15 is 0 Å². The fourth-order valence-electron chi connectivity index (χ4n) is 2.18. The highest BCUT2D eigenvalue weighted by molar-refractivity contribution is 5.78. The van der Waals surface area contributed by atoms with E-state index in [-0.39, 0.29) is 23.9 Å². The minimum Gasteiger partial charge on any atom is -0.469 e. The van der Waals surface area contributed by atoms with Gasteiger partial charge in [0.1, 0.15) is 0 Å². The summed E-state index contributed by atoms with van der Waals surface area (Å²) in [6.07, 6.45) is 1.38. The molecule has 110 valence electrons. The molecule has 2 unspecified atom stereocenters. The molecule has 0 aliphatic carbocycles. The lowest BCUT2D eigenvalue weighted by Crippen LogP contribution is -2.46. The molecule has 0 aromatic heterocycles. The monoisotopic (exact) mass is 272 g/mol. The highest BCUT2D eigenvalue weighted by atomic mass is 16.5. The van der Waals surface area contributed by atoms with Crippen LogP contribution in [-0.4, -0.2) is 61.3 Å². The molecular weight excluding hydrogens is 248 g/mol. The van der Waals surface area contributed by atoms with Gasteiger partial charge < -0.3 is 15.2 Å². The van der Waals surface area contributed by atoms with Crippen LogP contribution in [0.5, 0.6) is 0 Å². The fraction of sp³-hybridized carbons (Fsp3) is 0.846. The number of amides is 1. The summed E-state index contributed by atoms with van der Waals surface area (Å²) in [5, 5.41) is 12.4. The van der Waals surface area contributed by atoms with E-state index in [0.717, 1.165) is 19.5 Å². The molecule has 2 atom stereocenters. The molecule has 2 N–H and O–H groups in total. The lowest BCUT2D eigenvalue weighted by molar-refractivity contribution is -0.140. The molecule has 1 saturated heterocycles. The third kappa shape index (κ3) is 6.02. The van der Waals surface area contributed by atoms with Gasteiger partial charge in [-0.1, -0.05) is 6.92 Å². The lowest BCUT2D eigenvalue weighted by Gasteiger charge is -2.33. The molecule has 1 aliphatic heterocycles. The number of aliphatic hydroxyl groups excluding tert-OH is 1. The number of carbonyl (C=O) groups is 2. The molecule has 0 bridgehead atoms. The molecule has 6 nitrogen and oxygen atoms in total. The predicted molar refractivity (Wildman–Crippen MR) is 70.5 cm³/mol. The second kappa shape index (κ2) is 8.12. The number of aliphatic hydroxyl groups is 1. The minimum absolute atomic E-state index is 0.0338. The summed E-state index contributed by atoms with van der Waals surface area (Å²) < 4.78 is 4.52. The molecule has 1 rings (SSSR count). The Bertz CT molecular complexity index is 309. The summed E-state index contributed by atoms with van der Waals surface area (Å²) in [4.78, 5) is 24.6. The van der Waals surface area contributed by atoms with E-state index in [4.69, 9.17) is 0 Å². The summed E-state index contributed by atoms with van der Waals surface area (Å²) in [5.41, 5.74) is 0. The molecule has 0 saturated carbocycles. The Morgan fingerprint density at radius 3 is 2.84 bits per heavy atom. The van der Waals surface area contributed by atoms with Gasteiger partial charge in [-0.3, -0.25) is 14.5 Å². The van der Waals surface area contributed by atoms with Crippen molar-refractivity contribution in [3.05, 3.63) is 0 Å². The van der Waals surface area contributed by atoms with E-state index in [0.29, 0.717) is 25.9 Å². The maximum atomic E-state index is 11.7. The minimum atomic E-state index is -0.256. The van der Waals surface area contributed by atoms with E-state index in [9.17, 15) is 14.7 Å². The van der Waals surface area contributed by atoms with Crippen molar-refractivity contribution < 1.29 is 19.4 Å². The molecule has 0 radical (unpaired) electrons. The summed E-state index contributed by atoms with van der Waals surface area (Å²) in [6, 6.07) is 0. The topological polar surface area (TPSA) is 78.9 Å². The number of carbonyl (C=O) groups excluding carboxylic acids is 2. The molecular formula is C13H24N2O4. The molecule has 1 aliphatic rings. The van der Waals surface area contributed by atoms with Crippen molar-refractivity contribution in [2.75, 3.05) is 33.3 Å². The van der Waals surface area contributed by atoms with Gasteiger partial charge in [0.2, 0.25) is 5.91 Å². The second-order valence-electron chi connectivity index (χ2n) is 5.10. The number of methoxy groups -OCH3 is 1. The van der Waals surface area contributed by atoms with Crippen molar-refractivity contribution >= 4 is 11.9 Å². The largest absolute Gasteiger partial charge is 0.469 e. The SMILES string of the molecule is COC(=O)CCCNC(=O)CN1CCC(O)C(C)C1. The summed E-state index contributed by atoms with van der Waals surface area (Å²) >= 11 is 0. The number of ether oxygens (including phenoxy) is 1. The normalized spacial score (nSPS) is 23.9. The molecule has 1 fully saturated rings. The van der Waals surface area contributed by atoms with Crippen LogP contribution < -0.4 is 5.32 Å². The third-order valence-corrected chi connectivity index (χ3v) is 3.42. The maximum Gasteiger partial charge on any atom is 0.305 e. The van der Waals surface area contributed by atoms with E-state index in [1.165, 1.54) is 7.11 Å². The van der Waals surface area contributed by atoms with E-state index in [2.05, 4.69) is 10.1 Å². The number of hydrogen-bond acceptors (Lipinski definition) is 5. The molecule has 6 heteroatoms. The van der Waals surface area contributed by atoms with Gasteiger partial charge in [-0.2, -0.15) is 0 Å². The van der Waals surface area contributed by atoms with Crippen molar-refractivity contribution in [1.82, 2.24) is 10.2 Å². The van der Waals surface area contributed by atoms with Crippen LogP contribution in [0.1, 0.15) is 26.2 Å². The number of likely N-dealkylation sites (tertiary alicyclic amines) is 1. The molecule has 0 aromatic carbocycles. The number of rotatable bonds is 6. The Kier molecular flexibility index (Phi) is 6.80. The Labute approximate surface area is 114 Å². The first kappa shape index (κ1) is 15.9. The van der Waals surface area contributed by atoms with Crippen LogP contribution in [0.3, 0.4) is 0 Å². The van der Waals surface area contributed by atoms with Gasteiger partial charge in [-0.05, 0) is 18.8 Å².